The highest BCUT2D eigenvalue weighted by molar-refractivity contribution is 6.07. The summed E-state index contributed by atoms with van der Waals surface area (Å²) in [6, 6.07) is 13.2. The Bertz CT molecular complexity index is 810. The van der Waals surface area contributed by atoms with Gasteiger partial charge in [-0.3, -0.25) is 4.79 Å². The van der Waals surface area contributed by atoms with E-state index in [0.717, 1.165) is 5.56 Å². The molecule has 1 N–H and O–H groups in total. The number of hydrogen-bond acceptors (Lipinski definition) is 3. The Labute approximate surface area is 126 Å². The van der Waals surface area contributed by atoms with Crippen molar-refractivity contribution in [3.63, 3.8) is 0 Å². The Morgan fingerprint density at radius 2 is 1.95 bits per heavy atom. The molecule has 3 rings (SSSR count). The number of carbonyl (C=O) groups is 1. The molecule has 5 heteroatoms. The highest BCUT2D eigenvalue weighted by Gasteiger charge is 2.18. The SMILES string of the molecule is Cc1cccc(NC(=O)c2cnoc2-c2ccc(F)cc2)c1. The second-order valence-corrected chi connectivity index (χ2v) is 4.90. The van der Waals surface area contributed by atoms with Crippen LogP contribution in [0.3, 0.4) is 0 Å². The van der Waals surface area contributed by atoms with Crippen molar-refractivity contribution < 1.29 is 13.7 Å². The fourth-order valence-corrected chi connectivity index (χ4v) is 2.13. The molecule has 0 unspecified atom stereocenters. The number of anilines is 1. The number of hydrogen-bond donors (Lipinski definition) is 1. The van der Waals surface area contributed by atoms with Gasteiger partial charge >= 0.3 is 0 Å². The van der Waals surface area contributed by atoms with Crippen LogP contribution >= 0.6 is 0 Å². The number of aryl methyl sites for hydroxylation is 1. The molecule has 4 nitrogen and oxygen atoms in total. The van der Waals surface area contributed by atoms with E-state index in [4.69, 9.17) is 4.52 Å². The fourth-order valence-electron chi connectivity index (χ4n) is 2.13. The third kappa shape index (κ3) is 2.88. The minimum atomic E-state index is -0.353. The summed E-state index contributed by atoms with van der Waals surface area (Å²) in [5.74, 6) is -0.370. The molecule has 1 amide bonds. The molecule has 110 valence electrons. The lowest BCUT2D eigenvalue weighted by atomic mass is 10.1. The molecule has 0 aliphatic heterocycles. The Kier molecular flexibility index (Phi) is 3.70. The van der Waals surface area contributed by atoms with Gasteiger partial charge < -0.3 is 9.84 Å². The molecule has 0 fully saturated rings. The van der Waals surface area contributed by atoms with E-state index >= 15 is 0 Å². The second kappa shape index (κ2) is 5.81. The van der Waals surface area contributed by atoms with Crippen molar-refractivity contribution >= 4 is 11.6 Å². The van der Waals surface area contributed by atoms with Gasteiger partial charge in [0.2, 0.25) is 0 Å². The summed E-state index contributed by atoms with van der Waals surface area (Å²) < 4.78 is 18.1. The van der Waals surface area contributed by atoms with Crippen LogP contribution in [-0.4, -0.2) is 11.1 Å². The lowest BCUT2D eigenvalue weighted by Gasteiger charge is -2.05. The lowest BCUT2D eigenvalue weighted by Crippen LogP contribution is -2.12. The molecular formula is C17H13FN2O2. The van der Waals surface area contributed by atoms with Crippen LogP contribution in [0.5, 0.6) is 0 Å². The number of amides is 1. The number of rotatable bonds is 3. The summed E-state index contributed by atoms with van der Waals surface area (Å²) in [7, 11) is 0. The Morgan fingerprint density at radius 3 is 2.68 bits per heavy atom. The summed E-state index contributed by atoms with van der Waals surface area (Å²) in [5, 5.41) is 6.47. The van der Waals surface area contributed by atoms with Crippen LogP contribution in [0.4, 0.5) is 10.1 Å². The highest BCUT2D eigenvalue weighted by atomic mass is 19.1. The van der Waals surface area contributed by atoms with Crippen molar-refractivity contribution in [2.24, 2.45) is 0 Å². The minimum Gasteiger partial charge on any atom is -0.355 e. The summed E-state index contributed by atoms with van der Waals surface area (Å²) in [6.45, 7) is 1.94. The van der Waals surface area contributed by atoms with Crippen LogP contribution in [0.2, 0.25) is 0 Å². The molecule has 1 aromatic heterocycles. The lowest BCUT2D eigenvalue weighted by molar-refractivity contribution is 0.102. The summed E-state index contributed by atoms with van der Waals surface area (Å²) in [6.07, 6.45) is 1.35. The first-order valence-corrected chi connectivity index (χ1v) is 6.72. The average Bonchev–Trinajstić information content (AvgIpc) is 2.97. The normalized spacial score (nSPS) is 10.5. The number of aromatic nitrogens is 1. The van der Waals surface area contributed by atoms with Crippen molar-refractivity contribution in [2.75, 3.05) is 5.32 Å². The molecule has 0 aliphatic rings. The van der Waals surface area contributed by atoms with Crippen LogP contribution in [0.25, 0.3) is 11.3 Å². The third-order valence-electron chi connectivity index (χ3n) is 3.20. The van der Waals surface area contributed by atoms with E-state index in [1.54, 1.807) is 18.2 Å². The fraction of sp³-hybridized carbons (Fsp3) is 0.0588. The van der Waals surface area contributed by atoms with Gasteiger partial charge in [-0.15, -0.1) is 0 Å². The summed E-state index contributed by atoms with van der Waals surface area (Å²) in [4.78, 5) is 12.4. The Morgan fingerprint density at radius 1 is 1.18 bits per heavy atom. The molecule has 0 saturated heterocycles. The largest absolute Gasteiger partial charge is 0.355 e. The van der Waals surface area contributed by atoms with E-state index in [0.29, 0.717) is 22.6 Å². The van der Waals surface area contributed by atoms with Crippen molar-refractivity contribution in [1.29, 1.82) is 0 Å². The van der Waals surface area contributed by atoms with E-state index in [1.165, 1.54) is 18.3 Å². The molecule has 0 aliphatic carbocycles. The maximum absolute atomic E-state index is 13.0. The van der Waals surface area contributed by atoms with Gasteiger partial charge in [0.15, 0.2) is 5.76 Å². The maximum atomic E-state index is 13.0. The first kappa shape index (κ1) is 14.0. The predicted molar refractivity (Wildman–Crippen MR) is 81.0 cm³/mol. The van der Waals surface area contributed by atoms with Crippen molar-refractivity contribution in [3.05, 3.63) is 71.7 Å². The first-order chi connectivity index (χ1) is 10.6. The van der Waals surface area contributed by atoms with Crippen LogP contribution in [0.15, 0.2) is 59.3 Å². The van der Waals surface area contributed by atoms with Crippen molar-refractivity contribution in [3.8, 4) is 11.3 Å². The molecular weight excluding hydrogens is 283 g/mol. The molecule has 2 aromatic carbocycles. The van der Waals surface area contributed by atoms with Crippen LogP contribution in [0.1, 0.15) is 15.9 Å². The molecule has 0 bridgehead atoms. The number of nitrogens with zero attached hydrogens (tertiary/aromatic N) is 1. The number of halogens is 1. The zero-order valence-electron chi connectivity index (χ0n) is 11.8. The van der Waals surface area contributed by atoms with Gasteiger partial charge in [-0.05, 0) is 48.9 Å². The molecule has 0 atom stereocenters. The molecule has 3 aromatic rings. The Hall–Kier alpha value is -2.95. The smallest absolute Gasteiger partial charge is 0.261 e. The van der Waals surface area contributed by atoms with Crippen molar-refractivity contribution in [1.82, 2.24) is 5.16 Å². The molecule has 1 heterocycles. The van der Waals surface area contributed by atoms with Gasteiger partial charge in [0, 0.05) is 11.3 Å². The van der Waals surface area contributed by atoms with Gasteiger partial charge in [0.1, 0.15) is 11.4 Å². The minimum absolute atomic E-state index is 0.299. The highest BCUT2D eigenvalue weighted by Crippen LogP contribution is 2.24. The van der Waals surface area contributed by atoms with Gasteiger partial charge in [-0.1, -0.05) is 17.3 Å². The van der Waals surface area contributed by atoms with E-state index < -0.39 is 0 Å². The van der Waals surface area contributed by atoms with E-state index in [1.807, 2.05) is 25.1 Å². The number of nitrogens with one attached hydrogen (secondary N) is 1. The van der Waals surface area contributed by atoms with Crippen LogP contribution in [-0.2, 0) is 0 Å². The molecule has 0 saturated carbocycles. The predicted octanol–water partition coefficient (Wildman–Crippen LogP) is 4.04. The van der Waals surface area contributed by atoms with Crippen molar-refractivity contribution in [2.45, 2.75) is 6.92 Å². The third-order valence-corrected chi connectivity index (χ3v) is 3.20. The Balaban J connectivity index is 1.88. The standard InChI is InChI=1S/C17H13FN2O2/c1-11-3-2-4-14(9-11)20-17(21)15-10-19-22-16(15)12-5-7-13(18)8-6-12/h2-10H,1H3,(H,20,21). The molecule has 0 radical (unpaired) electrons. The average molecular weight is 296 g/mol. The van der Waals surface area contributed by atoms with Crippen LogP contribution < -0.4 is 5.32 Å². The van der Waals surface area contributed by atoms with E-state index in [9.17, 15) is 9.18 Å². The topological polar surface area (TPSA) is 55.1 Å². The van der Waals surface area contributed by atoms with Crippen LogP contribution in [0, 0.1) is 12.7 Å². The van der Waals surface area contributed by atoms with E-state index in [2.05, 4.69) is 10.5 Å². The summed E-state index contributed by atoms with van der Waals surface area (Å²) >= 11 is 0. The summed E-state index contributed by atoms with van der Waals surface area (Å²) in [5.41, 5.74) is 2.62. The monoisotopic (exact) mass is 296 g/mol. The van der Waals surface area contributed by atoms with Gasteiger partial charge in [0.25, 0.3) is 5.91 Å². The van der Waals surface area contributed by atoms with E-state index in [-0.39, 0.29) is 11.7 Å². The number of carbonyl (C=O) groups excluding carboxylic acids is 1. The zero-order valence-corrected chi connectivity index (χ0v) is 11.8. The van der Waals surface area contributed by atoms with Gasteiger partial charge in [-0.25, -0.2) is 4.39 Å². The van der Waals surface area contributed by atoms with Gasteiger partial charge in [-0.2, -0.15) is 0 Å². The quantitative estimate of drug-likeness (QED) is 0.793. The first-order valence-electron chi connectivity index (χ1n) is 6.72. The molecule has 0 spiro atoms. The van der Waals surface area contributed by atoms with Gasteiger partial charge in [0.05, 0.1) is 6.20 Å². The maximum Gasteiger partial charge on any atom is 0.261 e. The second-order valence-electron chi connectivity index (χ2n) is 4.90. The zero-order chi connectivity index (χ0) is 15.5. The number of benzene rings is 2. The molecule has 22 heavy (non-hydrogen) atoms.